The van der Waals surface area contributed by atoms with Crippen molar-refractivity contribution in [3.05, 3.63) is 56.9 Å². The number of thiophene rings is 1. The normalized spacial score (nSPS) is 12.0. The molecule has 0 aliphatic rings. The fraction of sp³-hybridized carbons (Fsp3) is 0.333. The Morgan fingerprint density at radius 3 is 2.58 bits per heavy atom. The second kappa shape index (κ2) is 8.45. The quantitative estimate of drug-likeness (QED) is 0.379. The van der Waals surface area contributed by atoms with Gasteiger partial charge in [0.15, 0.2) is 17.0 Å². The highest BCUT2D eigenvalue weighted by Crippen LogP contribution is 2.35. The lowest BCUT2D eigenvalue weighted by molar-refractivity contribution is -0.142. The predicted octanol–water partition coefficient (Wildman–Crippen LogP) is 5.24. The van der Waals surface area contributed by atoms with Crippen LogP contribution in [0.3, 0.4) is 0 Å². The summed E-state index contributed by atoms with van der Waals surface area (Å²) in [6.45, 7) is 6.60. The molecule has 1 amide bonds. The molecule has 0 saturated heterocycles. The second-order valence-corrected chi connectivity index (χ2v) is 8.85. The van der Waals surface area contributed by atoms with E-state index in [1.165, 1.54) is 16.2 Å². The molecule has 0 atom stereocenters. The van der Waals surface area contributed by atoms with E-state index in [1.54, 1.807) is 24.6 Å². The number of rotatable bonds is 5. The van der Waals surface area contributed by atoms with Gasteiger partial charge in [0.1, 0.15) is 5.02 Å². The minimum atomic E-state index is -4.72. The molecule has 0 unspecified atom stereocenters. The number of carbonyl (C=O) groups is 1. The van der Waals surface area contributed by atoms with Crippen LogP contribution in [0.15, 0.2) is 23.6 Å². The van der Waals surface area contributed by atoms with Crippen LogP contribution in [0.2, 0.25) is 5.02 Å². The molecule has 4 rings (SSSR count). The summed E-state index contributed by atoms with van der Waals surface area (Å²) in [4.78, 5) is 19.3. The Bertz CT molecular complexity index is 1340. The molecule has 4 aromatic rings. The fourth-order valence-corrected chi connectivity index (χ4v) is 4.57. The van der Waals surface area contributed by atoms with Gasteiger partial charge in [0.05, 0.1) is 16.3 Å². The summed E-state index contributed by atoms with van der Waals surface area (Å²) in [5, 5.41) is 9.87. The lowest BCUT2D eigenvalue weighted by Gasteiger charge is -2.16. The molecule has 0 bridgehead atoms. The minimum absolute atomic E-state index is 0.109. The predicted molar refractivity (Wildman–Crippen MR) is 119 cm³/mol. The summed E-state index contributed by atoms with van der Waals surface area (Å²) in [6, 6.07) is 4.28. The molecule has 12 heteroatoms. The van der Waals surface area contributed by atoms with Gasteiger partial charge in [0.2, 0.25) is 0 Å². The third-order valence-electron chi connectivity index (χ3n) is 5.37. The van der Waals surface area contributed by atoms with Gasteiger partial charge >= 0.3 is 6.18 Å². The van der Waals surface area contributed by atoms with Crippen molar-refractivity contribution in [3.8, 4) is 10.6 Å². The zero-order valence-electron chi connectivity index (χ0n) is 18.2. The highest BCUT2D eigenvalue weighted by molar-refractivity contribution is 7.13. The van der Waals surface area contributed by atoms with Crippen LogP contribution < -0.4 is 0 Å². The number of alkyl halides is 3. The molecule has 0 N–H and O–H groups in total. The van der Waals surface area contributed by atoms with E-state index in [2.05, 4.69) is 15.2 Å². The molecule has 0 aromatic carbocycles. The van der Waals surface area contributed by atoms with Gasteiger partial charge in [-0.25, -0.2) is 9.50 Å². The smallest absolute Gasteiger partial charge is 0.336 e. The molecule has 0 saturated carbocycles. The number of nitrogens with zero attached hydrogens (tertiary/aromatic N) is 6. The number of hydrogen-bond acceptors (Lipinski definition) is 5. The van der Waals surface area contributed by atoms with Gasteiger partial charge in [-0.1, -0.05) is 17.7 Å². The maximum atomic E-state index is 13.8. The first-order valence-corrected chi connectivity index (χ1v) is 11.3. The number of aryl methyl sites for hydroxylation is 2. The largest absolute Gasteiger partial charge is 0.433 e. The van der Waals surface area contributed by atoms with E-state index in [0.717, 1.165) is 23.0 Å². The zero-order chi connectivity index (χ0) is 24.1. The van der Waals surface area contributed by atoms with Crippen LogP contribution in [0, 0.1) is 13.8 Å². The zero-order valence-corrected chi connectivity index (χ0v) is 19.8. The summed E-state index contributed by atoms with van der Waals surface area (Å²) >= 11 is 7.62. The van der Waals surface area contributed by atoms with Crippen molar-refractivity contribution in [3.63, 3.8) is 0 Å². The van der Waals surface area contributed by atoms with Crippen molar-refractivity contribution in [2.45, 2.75) is 40.0 Å². The van der Waals surface area contributed by atoms with Crippen LogP contribution in [0.4, 0.5) is 13.2 Å². The van der Waals surface area contributed by atoms with E-state index in [1.807, 2.05) is 25.5 Å². The van der Waals surface area contributed by atoms with Gasteiger partial charge in [0.25, 0.3) is 5.91 Å². The molecule has 174 valence electrons. The summed E-state index contributed by atoms with van der Waals surface area (Å²) in [6.07, 6.45) is -4.72. The summed E-state index contributed by atoms with van der Waals surface area (Å²) in [7, 11) is 1.54. The number of fused-ring (bicyclic) bond motifs is 1. The Balaban J connectivity index is 1.77. The summed E-state index contributed by atoms with van der Waals surface area (Å²) in [5.74, 6) is -0.612. The Hall–Kier alpha value is -2.92. The molecular formula is C21H20ClF3N6OS. The van der Waals surface area contributed by atoms with Gasteiger partial charge in [-0.3, -0.25) is 9.48 Å². The first kappa shape index (κ1) is 23.2. The first-order chi connectivity index (χ1) is 15.5. The van der Waals surface area contributed by atoms with Crippen molar-refractivity contribution >= 4 is 34.5 Å². The Morgan fingerprint density at radius 2 is 2.00 bits per heavy atom. The van der Waals surface area contributed by atoms with Crippen molar-refractivity contribution < 1.29 is 18.0 Å². The lowest BCUT2D eigenvalue weighted by atomic mass is 10.2. The molecule has 0 aliphatic carbocycles. The standard InChI is InChI=1S/C21H20ClF3N6OS/c1-5-30-12(3)13(11(2)27-30)10-29(4)20(32)18-17(22)19-26-14(15-7-6-8-33-15)9-16(21(23,24)25)31(19)28-18/h6-9H,5,10H2,1-4H3. The van der Waals surface area contributed by atoms with Crippen LogP contribution in [-0.4, -0.2) is 42.2 Å². The SMILES string of the molecule is CCn1nc(C)c(CN(C)C(=O)c2nn3c(C(F)(F)F)cc(-c4cccs4)nc3c2Cl)c1C. The maximum Gasteiger partial charge on any atom is 0.433 e. The Labute approximate surface area is 196 Å². The van der Waals surface area contributed by atoms with E-state index in [9.17, 15) is 18.0 Å². The number of halogens is 4. The first-order valence-electron chi connectivity index (χ1n) is 10.0. The molecule has 0 aliphatic heterocycles. The van der Waals surface area contributed by atoms with Gasteiger partial charge < -0.3 is 4.90 Å². The highest BCUT2D eigenvalue weighted by Gasteiger charge is 2.37. The third kappa shape index (κ3) is 4.10. The molecule has 0 spiro atoms. The van der Waals surface area contributed by atoms with E-state index in [4.69, 9.17) is 11.6 Å². The topological polar surface area (TPSA) is 68.3 Å². The number of hydrogen-bond donors (Lipinski definition) is 0. The average Bonchev–Trinajstić information content (AvgIpc) is 3.47. The van der Waals surface area contributed by atoms with Crippen LogP contribution in [0.5, 0.6) is 0 Å². The highest BCUT2D eigenvalue weighted by atomic mass is 35.5. The lowest BCUT2D eigenvalue weighted by Crippen LogP contribution is -2.27. The molecule has 33 heavy (non-hydrogen) atoms. The van der Waals surface area contributed by atoms with E-state index < -0.39 is 17.8 Å². The molecule has 4 heterocycles. The van der Waals surface area contributed by atoms with Crippen molar-refractivity contribution in [2.24, 2.45) is 0 Å². The Kier molecular flexibility index (Phi) is 5.95. The number of aromatic nitrogens is 5. The number of carbonyl (C=O) groups excluding carboxylic acids is 1. The van der Waals surface area contributed by atoms with E-state index >= 15 is 0 Å². The molecule has 4 aromatic heterocycles. The average molecular weight is 497 g/mol. The van der Waals surface area contributed by atoms with Gasteiger partial charge in [-0.15, -0.1) is 11.3 Å². The summed E-state index contributed by atoms with van der Waals surface area (Å²) in [5.41, 5.74) is 1.08. The van der Waals surface area contributed by atoms with Crippen LogP contribution in [0.25, 0.3) is 16.2 Å². The van der Waals surface area contributed by atoms with Gasteiger partial charge in [0, 0.05) is 31.4 Å². The van der Waals surface area contributed by atoms with Crippen LogP contribution in [0.1, 0.15) is 40.1 Å². The fourth-order valence-electron chi connectivity index (χ4n) is 3.64. The molecule has 0 fully saturated rings. The van der Waals surface area contributed by atoms with E-state index in [0.29, 0.717) is 15.9 Å². The molecule has 0 radical (unpaired) electrons. The van der Waals surface area contributed by atoms with Crippen molar-refractivity contribution in [1.29, 1.82) is 0 Å². The van der Waals surface area contributed by atoms with Gasteiger partial charge in [-0.2, -0.15) is 23.4 Å². The van der Waals surface area contributed by atoms with Crippen molar-refractivity contribution in [1.82, 2.24) is 29.3 Å². The minimum Gasteiger partial charge on any atom is -0.336 e. The number of amides is 1. The second-order valence-electron chi connectivity index (χ2n) is 7.53. The molecule has 7 nitrogen and oxygen atoms in total. The van der Waals surface area contributed by atoms with Crippen LogP contribution in [-0.2, 0) is 19.3 Å². The Morgan fingerprint density at radius 1 is 1.27 bits per heavy atom. The van der Waals surface area contributed by atoms with Crippen molar-refractivity contribution in [2.75, 3.05) is 7.05 Å². The summed E-state index contributed by atoms with van der Waals surface area (Å²) < 4.78 is 43.9. The monoisotopic (exact) mass is 496 g/mol. The maximum absolute atomic E-state index is 13.8. The molecular weight excluding hydrogens is 477 g/mol. The van der Waals surface area contributed by atoms with E-state index in [-0.39, 0.29) is 28.6 Å². The third-order valence-corrected chi connectivity index (χ3v) is 6.61. The van der Waals surface area contributed by atoms with Gasteiger partial charge in [-0.05, 0) is 38.3 Å². The van der Waals surface area contributed by atoms with Crippen LogP contribution >= 0.6 is 22.9 Å².